The summed E-state index contributed by atoms with van der Waals surface area (Å²) in [7, 11) is 1.76. The van der Waals surface area contributed by atoms with E-state index in [2.05, 4.69) is 26.0 Å². The fourth-order valence-electron chi connectivity index (χ4n) is 3.53. The Kier molecular flexibility index (Phi) is 3.96. The van der Waals surface area contributed by atoms with E-state index in [4.69, 9.17) is 10.5 Å². The van der Waals surface area contributed by atoms with Crippen molar-refractivity contribution in [1.29, 1.82) is 0 Å². The topological polar surface area (TPSA) is 35.2 Å². The zero-order chi connectivity index (χ0) is 13.2. The number of nitrogens with two attached hydrogens (primary N) is 1. The second kappa shape index (κ2) is 5.31. The van der Waals surface area contributed by atoms with Crippen LogP contribution in [0, 0.1) is 13.8 Å². The molecule has 18 heavy (non-hydrogen) atoms. The van der Waals surface area contributed by atoms with Gasteiger partial charge < -0.3 is 10.5 Å². The van der Waals surface area contributed by atoms with Crippen LogP contribution in [0.4, 0.5) is 0 Å². The molecule has 1 aliphatic rings. The molecule has 100 valence electrons. The Labute approximate surface area is 111 Å². The van der Waals surface area contributed by atoms with Crippen LogP contribution >= 0.6 is 0 Å². The predicted octanol–water partition coefficient (Wildman–Crippen LogP) is 3.47. The quantitative estimate of drug-likeness (QED) is 0.887. The Morgan fingerprint density at radius 3 is 2.39 bits per heavy atom. The van der Waals surface area contributed by atoms with Gasteiger partial charge in [0.15, 0.2) is 0 Å². The minimum Gasteiger partial charge on any atom is -0.496 e. The summed E-state index contributed by atoms with van der Waals surface area (Å²) in [6.45, 7) is 5.03. The molecule has 0 atom stereocenters. The third kappa shape index (κ3) is 2.14. The molecule has 2 rings (SSSR count). The van der Waals surface area contributed by atoms with Crippen molar-refractivity contribution in [3.63, 3.8) is 0 Å². The lowest BCUT2D eigenvalue weighted by Gasteiger charge is -2.38. The van der Waals surface area contributed by atoms with Crippen LogP contribution in [0.25, 0.3) is 0 Å². The van der Waals surface area contributed by atoms with Gasteiger partial charge in [-0.25, -0.2) is 0 Å². The summed E-state index contributed by atoms with van der Waals surface area (Å²) < 4.78 is 5.56. The lowest BCUT2D eigenvalue weighted by Crippen LogP contribution is -2.37. The first kappa shape index (κ1) is 13.4. The molecule has 0 aliphatic heterocycles. The van der Waals surface area contributed by atoms with E-state index < -0.39 is 0 Å². The van der Waals surface area contributed by atoms with Gasteiger partial charge in [-0.1, -0.05) is 31.4 Å². The van der Waals surface area contributed by atoms with Crippen molar-refractivity contribution in [3.8, 4) is 5.75 Å². The average Bonchev–Trinajstić information content (AvgIpc) is 2.40. The van der Waals surface area contributed by atoms with E-state index in [0.717, 1.165) is 12.3 Å². The summed E-state index contributed by atoms with van der Waals surface area (Å²) in [6, 6.07) is 4.44. The molecule has 2 heteroatoms. The van der Waals surface area contributed by atoms with Crippen molar-refractivity contribution in [2.24, 2.45) is 5.73 Å². The molecular formula is C16H25NO. The predicted molar refractivity (Wildman–Crippen MR) is 76.3 cm³/mol. The molecule has 1 aromatic rings. The number of rotatable bonds is 3. The van der Waals surface area contributed by atoms with Gasteiger partial charge in [-0.15, -0.1) is 0 Å². The van der Waals surface area contributed by atoms with Gasteiger partial charge in [-0.3, -0.25) is 0 Å². The number of aryl methyl sites for hydroxylation is 1. The Morgan fingerprint density at radius 1 is 1.17 bits per heavy atom. The van der Waals surface area contributed by atoms with Crippen LogP contribution in [0.1, 0.15) is 48.8 Å². The highest BCUT2D eigenvalue weighted by atomic mass is 16.5. The highest BCUT2D eigenvalue weighted by molar-refractivity contribution is 5.48. The van der Waals surface area contributed by atoms with Crippen molar-refractivity contribution in [2.45, 2.75) is 51.4 Å². The second-order valence-electron chi connectivity index (χ2n) is 5.63. The van der Waals surface area contributed by atoms with E-state index >= 15 is 0 Å². The molecule has 1 fully saturated rings. The Hall–Kier alpha value is -1.02. The first-order valence-electron chi connectivity index (χ1n) is 6.99. The zero-order valence-electron chi connectivity index (χ0n) is 11.9. The minimum atomic E-state index is 0.184. The first-order chi connectivity index (χ1) is 8.64. The van der Waals surface area contributed by atoms with E-state index in [-0.39, 0.29) is 5.41 Å². The van der Waals surface area contributed by atoms with Gasteiger partial charge in [0.25, 0.3) is 0 Å². The lowest BCUT2D eigenvalue weighted by atomic mass is 9.68. The first-order valence-corrected chi connectivity index (χ1v) is 6.99. The third-order valence-corrected chi connectivity index (χ3v) is 4.58. The molecule has 1 aromatic carbocycles. The van der Waals surface area contributed by atoms with Crippen molar-refractivity contribution in [1.82, 2.24) is 0 Å². The van der Waals surface area contributed by atoms with Crippen LogP contribution in [-0.4, -0.2) is 13.7 Å². The molecule has 0 heterocycles. The van der Waals surface area contributed by atoms with E-state index in [1.165, 1.54) is 48.8 Å². The maximum absolute atomic E-state index is 6.13. The number of hydrogen-bond donors (Lipinski definition) is 1. The highest BCUT2D eigenvalue weighted by Gasteiger charge is 2.34. The maximum Gasteiger partial charge on any atom is 0.124 e. The van der Waals surface area contributed by atoms with Gasteiger partial charge in [0, 0.05) is 12.0 Å². The molecule has 0 radical (unpaired) electrons. The summed E-state index contributed by atoms with van der Waals surface area (Å²) in [5.74, 6) is 1.03. The smallest absolute Gasteiger partial charge is 0.124 e. The summed E-state index contributed by atoms with van der Waals surface area (Å²) in [4.78, 5) is 0. The molecule has 1 saturated carbocycles. The van der Waals surface area contributed by atoms with Gasteiger partial charge in [-0.05, 0) is 43.4 Å². The van der Waals surface area contributed by atoms with Crippen LogP contribution in [0.3, 0.4) is 0 Å². The fraction of sp³-hybridized carbons (Fsp3) is 0.625. The highest BCUT2D eigenvalue weighted by Crippen LogP contribution is 2.42. The monoisotopic (exact) mass is 247 g/mol. The molecule has 0 unspecified atom stereocenters. The van der Waals surface area contributed by atoms with E-state index in [0.29, 0.717) is 0 Å². The summed E-state index contributed by atoms with van der Waals surface area (Å²) in [5, 5.41) is 0. The molecule has 2 nitrogen and oxygen atoms in total. The van der Waals surface area contributed by atoms with Crippen molar-refractivity contribution in [2.75, 3.05) is 13.7 Å². The molecule has 0 amide bonds. The molecule has 0 bridgehead atoms. The third-order valence-electron chi connectivity index (χ3n) is 4.58. The van der Waals surface area contributed by atoms with Gasteiger partial charge in [-0.2, -0.15) is 0 Å². The molecule has 0 spiro atoms. The van der Waals surface area contributed by atoms with Gasteiger partial charge >= 0.3 is 0 Å². The van der Waals surface area contributed by atoms with Gasteiger partial charge in [0.2, 0.25) is 0 Å². The van der Waals surface area contributed by atoms with Crippen LogP contribution in [0.2, 0.25) is 0 Å². The molecule has 0 aromatic heterocycles. The van der Waals surface area contributed by atoms with Crippen molar-refractivity contribution >= 4 is 0 Å². The lowest BCUT2D eigenvalue weighted by molar-refractivity contribution is 0.297. The van der Waals surface area contributed by atoms with Crippen molar-refractivity contribution in [3.05, 3.63) is 28.8 Å². The maximum atomic E-state index is 6.13. The van der Waals surface area contributed by atoms with Crippen molar-refractivity contribution < 1.29 is 4.74 Å². The molecule has 2 N–H and O–H groups in total. The van der Waals surface area contributed by atoms with Crippen LogP contribution in [0.5, 0.6) is 5.75 Å². The number of ether oxygens (including phenoxy) is 1. The SMILES string of the molecule is COc1c(C)ccc(C2(CN)CCCCC2)c1C. The minimum absolute atomic E-state index is 0.184. The fourth-order valence-corrected chi connectivity index (χ4v) is 3.53. The van der Waals surface area contributed by atoms with Gasteiger partial charge in [0.05, 0.1) is 7.11 Å². The van der Waals surface area contributed by atoms with E-state index in [1.807, 2.05) is 0 Å². The van der Waals surface area contributed by atoms with E-state index in [9.17, 15) is 0 Å². The number of benzene rings is 1. The van der Waals surface area contributed by atoms with Crippen LogP contribution in [-0.2, 0) is 5.41 Å². The van der Waals surface area contributed by atoms with E-state index in [1.54, 1.807) is 7.11 Å². The van der Waals surface area contributed by atoms with Crippen LogP contribution < -0.4 is 10.5 Å². The zero-order valence-corrected chi connectivity index (χ0v) is 11.9. The normalized spacial score (nSPS) is 18.7. The molecule has 0 saturated heterocycles. The molecule has 1 aliphatic carbocycles. The standard InChI is InChI=1S/C16H25NO/c1-12-7-8-14(13(2)15(12)18-3)16(11-17)9-5-4-6-10-16/h7-8H,4-6,9-11,17H2,1-3H3. The Balaban J connectivity index is 2.48. The summed E-state index contributed by atoms with van der Waals surface area (Å²) >= 11 is 0. The second-order valence-corrected chi connectivity index (χ2v) is 5.63. The largest absolute Gasteiger partial charge is 0.496 e. The summed E-state index contributed by atoms with van der Waals surface area (Å²) in [6.07, 6.45) is 6.39. The molecular weight excluding hydrogens is 222 g/mol. The number of methoxy groups -OCH3 is 1. The Morgan fingerprint density at radius 2 is 1.83 bits per heavy atom. The van der Waals surface area contributed by atoms with Crippen LogP contribution in [0.15, 0.2) is 12.1 Å². The number of hydrogen-bond acceptors (Lipinski definition) is 2. The Bertz CT molecular complexity index is 419. The summed E-state index contributed by atoms with van der Waals surface area (Å²) in [5.41, 5.74) is 10.2. The average molecular weight is 247 g/mol. The van der Waals surface area contributed by atoms with Gasteiger partial charge in [0.1, 0.15) is 5.75 Å².